The molecule has 1 aliphatic carbocycles. The Morgan fingerprint density at radius 2 is 1.87 bits per heavy atom. The molecule has 1 aromatic heterocycles. The average molecular weight is 450 g/mol. The maximum atomic E-state index is 13.0. The van der Waals surface area contributed by atoms with Crippen LogP contribution in [-0.4, -0.2) is 54.3 Å². The molecular weight excluding hydrogens is 418 g/mol. The summed E-state index contributed by atoms with van der Waals surface area (Å²) in [6.45, 7) is 5.28. The van der Waals surface area contributed by atoms with E-state index < -0.39 is 15.8 Å². The molecular formula is C22H31N3O5S. The Labute approximate surface area is 182 Å². The molecule has 1 amide bonds. The lowest BCUT2D eigenvalue weighted by molar-refractivity contribution is -0.134. The third kappa shape index (κ3) is 4.05. The Morgan fingerprint density at radius 3 is 2.58 bits per heavy atom. The molecule has 8 nitrogen and oxygen atoms in total. The number of benzene rings is 1. The molecule has 0 spiro atoms. The van der Waals surface area contributed by atoms with Gasteiger partial charge in [0.15, 0.2) is 5.58 Å². The molecule has 2 aliphatic rings. The van der Waals surface area contributed by atoms with Crippen molar-refractivity contribution in [2.45, 2.75) is 63.4 Å². The molecule has 1 aromatic carbocycles. The number of hydrogen-bond acceptors (Lipinski definition) is 5. The number of rotatable bonds is 5. The lowest BCUT2D eigenvalue weighted by Crippen LogP contribution is -2.46. The van der Waals surface area contributed by atoms with Gasteiger partial charge in [0, 0.05) is 32.2 Å². The highest BCUT2D eigenvalue weighted by atomic mass is 32.2. The predicted octanol–water partition coefficient (Wildman–Crippen LogP) is 2.66. The third-order valence-corrected chi connectivity index (χ3v) is 9.09. The minimum absolute atomic E-state index is 0.108. The molecule has 170 valence electrons. The number of carbonyl (C=O) groups excluding carboxylic acids is 1. The van der Waals surface area contributed by atoms with Crippen molar-refractivity contribution in [1.29, 1.82) is 0 Å². The Balaban J connectivity index is 1.58. The maximum absolute atomic E-state index is 13.0. The van der Waals surface area contributed by atoms with Gasteiger partial charge in [-0.25, -0.2) is 13.2 Å². The van der Waals surface area contributed by atoms with E-state index in [1.807, 2.05) is 0 Å². The van der Waals surface area contributed by atoms with Crippen LogP contribution in [0, 0.1) is 11.8 Å². The van der Waals surface area contributed by atoms with Gasteiger partial charge in [-0.2, -0.15) is 4.31 Å². The van der Waals surface area contributed by atoms with Gasteiger partial charge in [0.2, 0.25) is 15.9 Å². The first-order valence-corrected chi connectivity index (χ1v) is 12.5. The van der Waals surface area contributed by atoms with Crippen LogP contribution in [0.3, 0.4) is 0 Å². The van der Waals surface area contributed by atoms with Gasteiger partial charge in [0.25, 0.3) is 0 Å². The lowest BCUT2D eigenvalue weighted by Gasteiger charge is -2.39. The topological polar surface area (TPSA) is 92.8 Å². The molecule has 4 rings (SSSR count). The predicted molar refractivity (Wildman–Crippen MR) is 117 cm³/mol. The van der Waals surface area contributed by atoms with Crippen molar-refractivity contribution in [2.24, 2.45) is 11.8 Å². The summed E-state index contributed by atoms with van der Waals surface area (Å²) >= 11 is 0. The number of oxazole rings is 1. The second kappa shape index (κ2) is 8.43. The third-order valence-electron chi connectivity index (χ3n) is 7.19. The normalized spacial score (nSPS) is 25.2. The highest BCUT2D eigenvalue weighted by Gasteiger charge is 2.33. The highest BCUT2D eigenvalue weighted by molar-refractivity contribution is 7.89. The van der Waals surface area contributed by atoms with Gasteiger partial charge in [-0.05, 0) is 43.2 Å². The fraction of sp³-hybridized carbons (Fsp3) is 0.636. The van der Waals surface area contributed by atoms with E-state index in [2.05, 4.69) is 13.8 Å². The van der Waals surface area contributed by atoms with Gasteiger partial charge in [0.05, 0.1) is 10.4 Å². The maximum Gasteiger partial charge on any atom is 0.420 e. The van der Waals surface area contributed by atoms with Crippen molar-refractivity contribution >= 4 is 27.0 Å². The first-order chi connectivity index (χ1) is 14.7. The standard InChI is InChI=1S/C22H31N3O5S/c1-15-7-6-8-18(16(15)2)23(3)21(26)14-25-19-10-9-17(13-20(19)30-22(25)27)31(28,29)24-11-4-5-12-24/h9-10,13,15-16,18H,4-8,11-12,14H2,1-3H3/t15-,16-,18+/m1/s1. The molecule has 0 unspecified atom stereocenters. The van der Waals surface area contributed by atoms with Crippen molar-refractivity contribution in [1.82, 2.24) is 13.8 Å². The fourth-order valence-corrected chi connectivity index (χ4v) is 6.50. The van der Waals surface area contributed by atoms with E-state index in [4.69, 9.17) is 4.42 Å². The van der Waals surface area contributed by atoms with Crippen LogP contribution in [0.2, 0.25) is 0 Å². The molecule has 2 fully saturated rings. The molecule has 2 heterocycles. The van der Waals surface area contributed by atoms with Crippen molar-refractivity contribution < 1.29 is 17.6 Å². The number of fused-ring (bicyclic) bond motifs is 1. The van der Waals surface area contributed by atoms with Crippen molar-refractivity contribution in [2.75, 3.05) is 20.1 Å². The molecule has 0 N–H and O–H groups in total. The molecule has 0 radical (unpaired) electrons. The minimum Gasteiger partial charge on any atom is -0.408 e. The first kappa shape index (κ1) is 22.1. The fourth-order valence-electron chi connectivity index (χ4n) is 4.97. The largest absolute Gasteiger partial charge is 0.420 e. The van der Waals surface area contributed by atoms with Crippen LogP contribution in [0.25, 0.3) is 11.1 Å². The molecule has 0 bridgehead atoms. The summed E-state index contributed by atoms with van der Waals surface area (Å²) < 4.78 is 33.7. The summed E-state index contributed by atoms with van der Waals surface area (Å²) in [7, 11) is -1.81. The Morgan fingerprint density at radius 1 is 1.16 bits per heavy atom. The Kier molecular flexibility index (Phi) is 6.00. The number of hydrogen-bond donors (Lipinski definition) is 0. The zero-order valence-corrected chi connectivity index (χ0v) is 19.2. The SMILES string of the molecule is C[C@@H]1[C@H](C)CCC[C@@H]1N(C)C(=O)Cn1c(=O)oc2cc(S(=O)(=O)N3CCCC3)ccc21. The average Bonchev–Trinajstić information content (AvgIpc) is 3.38. The minimum atomic E-state index is -3.61. The molecule has 1 saturated heterocycles. The summed E-state index contributed by atoms with van der Waals surface area (Å²) in [5.41, 5.74) is 0.609. The summed E-state index contributed by atoms with van der Waals surface area (Å²) in [6, 6.07) is 4.59. The number of amides is 1. The van der Waals surface area contributed by atoms with E-state index in [0.29, 0.717) is 30.4 Å². The number of carbonyl (C=O) groups is 1. The number of nitrogens with zero attached hydrogens (tertiary/aromatic N) is 3. The molecule has 3 atom stereocenters. The quantitative estimate of drug-likeness (QED) is 0.700. The van der Waals surface area contributed by atoms with Crippen molar-refractivity contribution in [3.05, 3.63) is 28.7 Å². The van der Waals surface area contributed by atoms with Crippen LogP contribution < -0.4 is 5.76 Å². The summed E-state index contributed by atoms with van der Waals surface area (Å²) in [5.74, 6) is 0.156. The monoisotopic (exact) mass is 449 g/mol. The zero-order valence-electron chi connectivity index (χ0n) is 18.4. The van der Waals surface area contributed by atoms with Gasteiger partial charge < -0.3 is 9.32 Å². The Hall–Kier alpha value is -2.13. The first-order valence-electron chi connectivity index (χ1n) is 11.1. The second-order valence-corrected chi connectivity index (χ2v) is 11.0. The Bertz CT molecular complexity index is 1130. The molecule has 1 aliphatic heterocycles. The molecule has 9 heteroatoms. The van der Waals surface area contributed by atoms with E-state index in [-0.39, 0.29) is 29.0 Å². The summed E-state index contributed by atoms with van der Waals surface area (Å²) in [5, 5.41) is 0. The second-order valence-electron chi connectivity index (χ2n) is 9.03. The van der Waals surface area contributed by atoms with Gasteiger partial charge in [0.1, 0.15) is 6.54 Å². The number of aromatic nitrogens is 1. The van der Waals surface area contributed by atoms with Crippen molar-refractivity contribution in [3.63, 3.8) is 0 Å². The van der Waals surface area contributed by atoms with E-state index in [0.717, 1.165) is 25.7 Å². The smallest absolute Gasteiger partial charge is 0.408 e. The van der Waals surface area contributed by atoms with Gasteiger partial charge in [-0.15, -0.1) is 0 Å². The summed E-state index contributed by atoms with van der Waals surface area (Å²) in [4.78, 5) is 27.3. The molecule has 31 heavy (non-hydrogen) atoms. The van der Waals surface area contributed by atoms with Gasteiger partial charge >= 0.3 is 5.76 Å². The van der Waals surface area contributed by atoms with Crippen LogP contribution in [0.15, 0.2) is 32.3 Å². The lowest BCUT2D eigenvalue weighted by atomic mass is 9.77. The van der Waals surface area contributed by atoms with Crippen LogP contribution in [-0.2, 0) is 21.4 Å². The van der Waals surface area contributed by atoms with Gasteiger partial charge in [-0.3, -0.25) is 9.36 Å². The van der Waals surface area contributed by atoms with E-state index >= 15 is 0 Å². The van der Waals surface area contributed by atoms with Crippen molar-refractivity contribution in [3.8, 4) is 0 Å². The molecule has 2 aromatic rings. The van der Waals surface area contributed by atoms with Crippen LogP contribution >= 0.6 is 0 Å². The molecule has 1 saturated carbocycles. The zero-order chi connectivity index (χ0) is 22.3. The van der Waals surface area contributed by atoms with E-state index in [1.165, 1.54) is 27.4 Å². The van der Waals surface area contributed by atoms with Gasteiger partial charge in [-0.1, -0.05) is 26.7 Å². The van der Waals surface area contributed by atoms with E-state index in [1.54, 1.807) is 18.0 Å². The highest BCUT2D eigenvalue weighted by Crippen LogP contribution is 2.32. The van der Waals surface area contributed by atoms with Crippen LogP contribution in [0.1, 0.15) is 46.0 Å². The van der Waals surface area contributed by atoms with Crippen LogP contribution in [0.4, 0.5) is 0 Å². The van der Waals surface area contributed by atoms with Crippen LogP contribution in [0.5, 0.6) is 0 Å². The summed E-state index contributed by atoms with van der Waals surface area (Å²) in [6.07, 6.45) is 4.93. The van der Waals surface area contributed by atoms with E-state index in [9.17, 15) is 18.0 Å². The number of likely N-dealkylation sites (N-methyl/N-ethyl adjacent to an activating group) is 1. The number of sulfonamides is 1.